The average Bonchev–Trinajstić information content (AvgIpc) is 3.02. The molecule has 5 rings (SSSR count). The Kier molecular flexibility index (Phi) is 4.83. The number of carbonyl (C=O) groups is 2. The van der Waals surface area contributed by atoms with Crippen molar-refractivity contribution in [1.29, 1.82) is 0 Å². The van der Waals surface area contributed by atoms with Crippen LogP contribution in [-0.2, 0) is 16.9 Å². The third-order valence-electron chi connectivity index (χ3n) is 5.98. The van der Waals surface area contributed by atoms with E-state index in [0.717, 1.165) is 16.3 Å². The van der Waals surface area contributed by atoms with Crippen LogP contribution < -0.4 is 4.90 Å². The number of halogens is 1. The van der Waals surface area contributed by atoms with Crippen LogP contribution in [0, 0.1) is 5.82 Å². The van der Waals surface area contributed by atoms with Gasteiger partial charge in [-0.15, -0.1) is 0 Å². The summed E-state index contributed by atoms with van der Waals surface area (Å²) in [7, 11) is 0. The highest BCUT2D eigenvalue weighted by Gasteiger charge is 2.50. The van der Waals surface area contributed by atoms with Crippen LogP contribution in [0.3, 0.4) is 0 Å². The van der Waals surface area contributed by atoms with E-state index in [1.807, 2.05) is 30.3 Å². The molecule has 0 bridgehead atoms. The molecule has 158 valence electrons. The van der Waals surface area contributed by atoms with Gasteiger partial charge in [0.15, 0.2) is 11.4 Å². The zero-order chi connectivity index (χ0) is 22.3. The van der Waals surface area contributed by atoms with Crippen LogP contribution in [0.4, 0.5) is 10.1 Å². The van der Waals surface area contributed by atoms with Crippen LogP contribution in [0.25, 0.3) is 10.8 Å². The lowest BCUT2D eigenvalue weighted by Gasteiger charge is -2.23. The van der Waals surface area contributed by atoms with E-state index >= 15 is 0 Å². The summed E-state index contributed by atoms with van der Waals surface area (Å²) < 4.78 is 13.3. The molecule has 0 saturated heterocycles. The summed E-state index contributed by atoms with van der Waals surface area (Å²) in [5, 5.41) is 13.4. The van der Waals surface area contributed by atoms with Gasteiger partial charge in [0.05, 0.1) is 18.7 Å². The number of hydrogen-bond acceptors (Lipinski definition) is 3. The van der Waals surface area contributed by atoms with E-state index in [0.29, 0.717) is 16.8 Å². The fraction of sp³-hybridized carbons (Fsp3) is 0.111. The van der Waals surface area contributed by atoms with Crippen LogP contribution in [-0.4, -0.2) is 16.8 Å². The Balaban J connectivity index is 1.47. The highest BCUT2D eigenvalue weighted by Crippen LogP contribution is 2.43. The van der Waals surface area contributed by atoms with Crippen molar-refractivity contribution in [2.45, 2.75) is 18.6 Å². The number of Topliss-reactive ketones (excluding diaryl/α,β-unsaturated/α-hetero) is 1. The standard InChI is InChI=1S/C27H20FNO3/c28-22-13-9-18(10-14-22)17-29-24-8-4-3-7-23(24)27(32,26(29)31)16-25(30)21-12-11-19-5-1-2-6-20(19)15-21/h1-15,32H,16-17H2/t27-/m1/s1. The van der Waals surface area contributed by atoms with Gasteiger partial charge < -0.3 is 10.0 Å². The number of para-hydroxylation sites is 1. The zero-order valence-corrected chi connectivity index (χ0v) is 17.2. The Morgan fingerprint density at radius 2 is 1.56 bits per heavy atom. The quantitative estimate of drug-likeness (QED) is 0.459. The van der Waals surface area contributed by atoms with Gasteiger partial charge in [0, 0.05) is 11.1 Å². The van der Waals surface area contributed by atoms with E-state index in [4.69, 9.17) is 0 Å². The third-order valence-corrected chi connectivity index (χ3v) is 5.98. The van der Waals surface area contributed by atoms with Crippen LogP contribution in [0.2, 0.25) is 0 Å². The van der Waals surface area contributed by atoms with Gasteiger partial charge >= 0.3 is 0 Å². The Hall–Kier alpha value is -3.83. The molecule has 0 aliphatic carbocycles. The first kappa shape index (κ1) is 20.1. The molecule has 1 N–H and O–H groups in total. The third kappa shape index (κ3) is 3.37. The smallest absolute Gasteiger partial charge is 0.264 e. The van der Waals surface area contributed by atoms with Crippen molar-refractivity contribution in [2.75, 3.05) is 4.90 Å². The SMILES string of the molecule is O=C(C[C@]1(O)C(=O)N(Cc2ccc(F)cc2)c2ccccc21)c1ccc2ccccc2c1. The zero-order valence-electron chi connectivity index (χ0n) is 17.2. The molecule has 0 saturated carbocycles. The van der Waals surface area contributed by atoms with Crippen molar-refractivity contribution in [1.82, 2.24) is 0 Å². The highest BCUT2D eigenvalue weighted by atomic mass is 19.1. The number of rotatable bonds is 5. The van der Waals surface area contributed by atoms with E-state index in [-0.39, 0.29) is 24.6 Å². The minimum absolute atomic E-state index is 0.169. The normalized spacial score (nSPS) is 17.6. The first-order valence-corrected chi connectivity index (χ1v) is 10.4. The fourth-order valence-electron chi connectivity index (χ4n) is 4.30. The highest BCUT2D eigenvalue weighted by molar-refractivity contribution is 6.11. The molecule has 1 amide bonds. The first-order chi connectivity index (χ1) is 15.5. The Morgan fingerprint density at radius 1 is 0.875 bits per heavy atom. The second-order valence-electron chi connectivity index (χ2n) is 8.06. The molecule has 0 unspecified atom stereocenters. The monoisotopic (exact) mass is 425 g/mol. The lowest BCUT2D eigenvalue weighted by molar-refractivity contribution is -0.136. The molecule has 1 atom stereocenters. The second-order valence-corrected chi connectivity index (χ2v) is 8.06. The molecular formula is C27H20FNO3. The van der Waals surface area contributed by atoms with E-state index in [1.54, 1.807) is 48.5 Å². The van der Waals surface area contributed by atoms with Crippen molar-refractivity contribution in [3.05, 3.63) is 114 Å². The van der Waals surface area contributed by atoms with Gasteiger partial charge in [-0.3, -0.25) is 9.59 Å². The largest absolute Gasteiger partial charge is 0.375 e. The summed E-state index contributed by atoms with van der Waals surface area (Å²) in [6.45, 7) is 0.169. The van der Waals surface area contributed by atoms with Crippen molar-refractivity contribution < 1.29 is 19.1 Å². The minimum atomic E-state index is -1.96. The number of nitrogens with zero attached hydrogens (tertiary/aromatic N) is 1. The average molecular weight is 425 g/mol. The number of aliphatic hydroxyl groups is 1. The van der Waals surface area contributed by atoms with Gasteiger partial charge in [0.2, 0.25) is 0 Å². The van der Waals surface area contributed by atoms with E-state index < -0.39 is 11.5 Å². The van der Waals surface area contributed by atoms with Crippen molar-refractivity contribution in [2.24, 2.45) is 0 Å². The first-order valence-electron chi connectivity index (χ1n) is 10.4. The van der Waals surface area contributed by atoms with Crippen LogP contribution in [0.5, 0.6) is 0 Å². The summed E-state index contributed by atoms with van der Waals surface area (Å²) in [6.07, 6.45) is -0.360. The number of carbonyl (C=O) groups excluding carboxylic acids is 2. The molecule has 0 fully saturated rings. The molecule has 4 aromatic carbocycles. The molecule has 5 heteroatoms. The molecule has 1 aliphatic rings. The number of anilines is 1. The van der Waals surface area contributed by atoms with Gasteiger partial charge in [-0.1, -0.05) is 66.7 Å². The summed E-state index contributed by atoms with van der Waals surface area (Å²) in [6, 6.07) is 25.9. The van der Waals surface area contributed by atoms with Crippen LogP contribution in [0.1, 0.15) is 27.9 Å². The van der Waals surface area contributed by atoms with E-state index in [2.05, 4.69) is 0 Å². The molecule has 4 aromatic rings. The van der Waals surface area contributed by atoms with Gasteiger partial charge in [0.25, 0.3) is 5.91 Å². The Bertz CT molecular complexity index is 1350. The Labute approximate surface area is 184 Å². The molecule has 4 nitrogen and oxygen atoms in total. The molecule has 32 heavy (non-hydrogen) atoms. The van der Waals surface area contributed by atoms with E-state index in [1.165, 1.54) is 17.0 Å². The number of hydrogen-bond donors (Lipinski definition) is 1. The lowest BCUT2D eigenvalue weighted by atomic mass is 9.88. The lowest BCUT2D eigenvalue weighted by Crippen LogP contribution is -2.41. The van der Waals surface area contributed by atoms with E-state index in [9.17, 15) is 19.1 Å². The molecule has 0 aromatic heterocycles. The van der Waals surface area contributed by atoms with Crippen LogP contribution >= 0.6 is 0 Å². The summed E-state index contributed by atoms with van der Waals surface area (Å²) in [5.74, 6) is -1.23. The van der Waals surface area contributed by atoms with Crippen molar-refractivity contribution in [3.8, 4) is 0 Å². The topological polar surface area (TPSA) is 57.6 Å². The number of benzene rings is 4. The molecular weight excluding hydrogens is 405 g/mol. The van der Waals surface area contributed by atoms with Gasteiger partial charge in [0.1, 0.15) is 5.82 Å². The Morgan fingerprint density at radius 3 is 2.34 bits per heavy atom. The summed E-state index contributed by atoms with van der Waals surface area (Å²) in [5.41, 5.74) is 0.162. The minimum Gasteiger partial charge on any atom is -0.375 e. The summed E-state index contributed by atoms with van der Waals surface area (Å²) >= 11 is 0. The maximum atomic E-state index is 13.4. The number of ketones is 1. The number of fused-ring (bicyclic) bond motifs is 2. The fourth-order valence-corrected chi connectivity index (χ4v) is 4.30. The van der Waals surface area contributed by atoms with Crippen molar-refractivity contribution in [3.63, 3.8) is 0 Å². The predicted octanol–water partition coefficient (Wildman–Crippen LogP) is 4.99. The van der Waals surface area contributed by atoms with Crippen LogP contribution in [0.15, 0.2) is 91.0 Å². The molecule has 1 aliphatic heterocycles. The molecule has 1 heterocycles. The van der Waals surface area contributed by atoms with Gasteiger partial charge in [-0.05, 0) is 40.6 Å². The maximum Gasteiger partial charge on any atom is 0.264 e. The molecule has 0 spiro atoms. The van der Waals surface area contributed by atoms with Gasteiger partial charge in [-0.25, -0.2) is 4.39 Å². The summed E-state index contributed by atoms with van der Waals surface area (Å²) in [4.78, 5) is 28.0. The maximum absolute atomic E-state index is 13.4. The second kappa shape index (κ2) is 7.70. The molecule has 0 radical (unpaired) electrons. The van der Waals surface area contributed by atoms with Crippen molar-refractivity contribution >= 4 is 28.2 Å². The number of amides is 1. The predicted molar refractivity (Wildman–Crippen MR) is 121 cm³/mol. The van der Waals surface area contributed by atoms with Gasteiger partial charge in [-0.2, -0.15) is 0 Å².